The predicted molar refractivity (Wildman–Crippen MR) is 65.3 cm³/mol. The first-order chi connectivity index (χ1) is 7.33. The topological polar surface area (TPSA) is 66.5 Å². The van der Waals surface area contributed by atoms with E-state index in [1.54, 1.807) is 6.07 Å². The Kier molecular flexibility index (Phi) is 3.94. The van der Waals surface area contributed by atoms with E-state index in [1.165, 1.54) is 0 Å². The molecule has 1 atom stereocenters. The summed E-state index contributed by atoms with van der Waals surface area (Å²) < 4.78 is 0. The van der Waals surface area contributed by atoms with Gasteiger partial charge in [-0.3, -0.25) is 0 Å². The number of nitrogens with two attached hydrogens (primary N) is 1. The van der Waals surface area contributed by atoms with Gasteiger partial charge in [-0.2, -0.15) is 0 Å². The van der Waals surface area contributed by atoms with Crippen LogP contribution in [0.15, 0.2) is 18.2 Å². The summed E-state index contributed by atoms with van der Waals surface area (Å²) in [4.78, 5) is 0. The van der Waals surface area contributed by atoms with E-state index in [0.717, 1.165) is 12.0 Å². The lowest BCUT2D eigenvalue weighted by molar-refractivity contribution is 0.265. The van der Waals surface area contributed by atoms with Crippen molar-refractivity contribution < 1.29 is 10.2 Å². The SMILES string of the molecule is CC(C)(C)Cc1ccc(O)c(C(N)CO)c1. The van der Waals surface area contributed by atoms with Crippen LogP contribution >= 0.6 is 0 Å². The smallest absolute Gasteiger partial charge is 0.120 e. The molecule has 0 heterocycles. The van der Waals surface area contributed by atoms with Crippen LogP contribution < -0.4 is 5.73 Å². The van der Waals surface area contributed by atoms with Gasteiger partial charge in [-0.05, 0) is 23.5 Å². The van der Waals surface area contributed by atoms with Gasteiger partial charge in [0, 0.05) is 5.56 Å². The molecule has 0 radical (unpaired) electrons. The molecule has 90 valence electrons. The lowest BCUT2D eigenvalue weighted by atomic mass is 9.87. The number of aromatic hydroxyl groups is 1. The lowest BCUT2D eigenvalue weighted by Gasteiger charge is -2.19. The molecule has 1 unspecified atom stereocenters. The van der Waals surface area contributed by atoms with Gasteiger partial charge in [-0.25, -0.2) is 0 Å². The van der Waals surface area contributed by atoms with Crippen molar-refractivity contribution in [2.24, 2.45) is 11.1 Å². The molecular weight excluding hydrogens is 202 g/mol. The summed E-state index contributed by atoms with van der Waals surface area (Å²) in [7, 11) is 0. The third-order valence-corrected chi connectivity index (χ3v) is 2.42. The van der Waals surface area contributed by atoms with Crippen LogP contribution in [0.3, 0.4) is 0 Å². The second kappa shape index (κ2) is 4.85. The van der Waals surface area contributed by atoms with Gasteiger partial charge in [-0.15, -0.1) is 0 Å². The zero-order valence-electron chi connectivity index (χ0n) is 10.2. The van der Waals surface area contributed by atoms with Crippen molar-refractivity contribution in [2.45, 2.75) is 33.2 Å². The van der Waals surface area contributed by atoms with Crippen LogP contribution in [0.25, 0.3) is 0 Å². The van der Waals surface area contributed by atoms with Crippen LogP contribution in [0, 0.1) is 5.41 Å². The summed E-state index contributed by atoms with van der Waals surface area (Å²) in [6.45, 7) is 6.31. The first kappa shape index (κ1) is 13.0. The molecule has 1 aromatic rings. The minimum Gasteiger partial charge on any atom is -0.508 e. The summed E-state index contributed by atoms with van der Waals surface area (Å²) in [5, 5.41) is 18.6. The number of aliphatic hydroxyl groups is 1. The van der Waals surface area contributed by atoms with Gasteiger partial charge in [-0.1, -0.05) is 32.9 Å². The summed E-state index contributed by atoms with van der Waals surface area (Å²) in [6.07, 6.45) is 0.915. The molecule has 0 saturated carbocycles. The van der Waals surface area contributed by atoms with E-state index < -0.39 is 6.04 Å². The largest absolute Gasteiger partial charge is 0.508 e. The monoisotopic (exact) mass is 223 g/mol. The van der Waals surface area contributed by atoms with Crippen LogP contribution in [0.4, 0.5) is 0 Å². The molecule has 0 aliphatic carbocycles. The Balaban J connectivity index is 2.98. The Hall–Kier alpha value is -1.06. The molecule has 0 saturated heterocycles. The maximum Gasteiger partial charge on any atom is 0.120 e. The third kappa shape index (κ3) is 3.51. The summed E-state index contributed by atoms with van der Waals surface area (Å²) >= 11 is 0. The van der Waals surface area contributed by atoms with Gasteiger partial charge in [0.25, 0.3) is 0 Å². The maximum atomic E-state index is 9.64. The highest BCUT2D eigenvalue weighted by atomic mass is 16.3. The van der Waals surface area contributed by atoms with Gasteiger partial charge in [0.15, 0.2) is 0 Å². The summed E-state index contributed by atoms with van der Waals surface area (Å²) in [6, 6.07) is 4.90. The quantitative estimate of drug-likeness (QED) is 0.734. The number of hydrogen-bond donors (Lipinski definition) is 3. The summed E-state index contributed by atoms with van der Waals surface area (Å²) in [5.41, 5.74) is 7.65. The zero-order chi connectivity index (χ0) is 12.3. The zero-order valence-corrected chi connectivity index (χ0v) is 10.2. The minimum atomic E-state index is -0.514. The van der Waals surface area contributed by atoms with E-state index in [1.807, 2.05) is 12.1 Å². The molecule has 0 bridgehead atoms. The number of phenols is 1. The van der Waals surface area contributed by atoms with E-state index >= 15 is 0 Å². The highest BCUT2D eigenvalue weighted by Crippen LogP contribution is 2.27. The van der Waals surface area contributed by atoms with E-state index in [4.69, 9.17) is 10.8 Å². The van der Waals surface area contributed by atoms with Crippen molar-refractivity contribution in [3.63, 3.8) is 0 Å². The second-order valence-corrected chi connectivity index (χ2v) is 5.42. The molecule has 0 aliphatic rings. The van der Waals surface area contributed by atoms with Crippen molar-refractivity contribution in [1.29, 1.82) is 0 Å². The maximum absolute atomic E-state index is 9.64. The number of rotatable bonds is 3. The number of benzene rings is 1. The van der Waals surface area contributed by atoms with Gasteiger partial charge in [0.1, 0.15) is 5.75 Å². The first-order valence-electron chi connectivity index (χ1n) is 5.52. The molecule has 1 aromatic carbocycles. The average Bonchev–Trinajstić information content (AvgIpc) is 2.18. The molecule has 0 amide bonds. The molecule has 16 heavy (non-hydrogen) atoms. The van der Waals surface area contributed by atoms with Crippen LogP contribution in [0.5, 0.6) is 5.75 Å². The van der Waals surface area contributed by atoms with E-state index in [2.05, 4.69) is 20.8 Å². The molecule has 3 nitrogen and oxygen atoms in total. The van der Waals surface area contributed by atoms with E-state index in [0.29, 0.717) is 5.56 Å². The van der Waals surface area contributed by atoms with Crippen molar-refractivity contribution in [2.75, 3.05) is 6.61 Å². The Morgan fingerprint density at radius 1 is 1.31 bits per heavy atom. The van der Waals surface area contributed by atoms with Crippen LogP contribution in [0.1, 0.15) is 37.9 Å². The number of aliphatic hydroxyl groups excluding tert-OH is 1. The fourth-order valence-electron chi connectivity index (χ4n) is 1.72. The lowest BCUT2D eigenvalue weighted by Crippen LogP contribution is -2.16. The first-order valence-corrected chi connectivity index (χ1v) is 5.52. The average molecular weight is 223 g/mol. The fourth-order valence-corrected chi connectivity index (χ4v) is 1.72. The standard InChI is InChI=1S/C13H21NO2/c1-13(2,3)7-9-4-5-12(16)10(6-9)11(14)8-15/h4-6,11,15-16H,7-8,14H2,1-3H3. The molecular formula is C13H21NO2. The molecule has 0 spiro atoms. The molecule has 0 aliphatic heterocycles. The minimum absolute atomic E-state index is 0.152. The van der Waals surface area contributed by atoms with Crippen molar-refractivity contribution in [3.05, 3.63) is 29.3 Å². The van der Waals surface area contributed by atoms with Gasteiger partial charge >= 0.3 is 0 Å². The molecule has 0 aromatic heterocycles. The molecule has 4 N–H and O–H groups in total. The molecule has 3 heteroatoms. The number of phenolic OH excluding ortho intramolecular Hbond substituents is 1. The van der Waals surface area contributed by atoms with Gasteiger partial charge in [0.05, 0.1) is 12.6 Å². The summed E-state index contributed by atoms with van der Waals surface area (Å²) in [5.74, 6) is 0.152. The van der Waals surface area contributed by atoms with E-state index in [9.17, 15) is 5.11 Å². The van der Waals surface area contributed by atoms with Crippen LogP contribution in [-0.2, 0) is 6.42 Å². The third-order valence-electron chi connectivity index (χ3n) is 2.42. The Labute approximate surface area is 96.9 Å². The van der Waals surface area contributed by atoms with E-state index in [-0.39, 0.29) is 17.8 Å². The molecule has 0 fully saturated rings. The van der Waals surface area contributed by atoms with Gasteiger partial charge < -0.3 is 15.9 Å². The number of hydrogen-bond acceptors (Lipinski definition) is 3. The Morgan fingerprint density at radius 3 is 2.44 bits per heavy atom. The molecule has 1 rings (SSSR count). The van der Waals surface area contributed by atoms with Crippen LogP contribution in [0.2, 0.25) is 0 Å². The normalized spacial score (nSPS) is 13.8. The van der Waals surface area contributed by atoms with Crippen LogP contribution in [-0.4, -0.2) is 16.8 Å². The van der Waals surface area contributed by atoms with Gasteiger partial charge in [0.2, 0.25) is 0 Å². The Morgan fingerprint density at radius 2 is 1.94 bits per heavy atom. The van der Waals surface area contributed by atoms with Crippen molar-refractivity contribution in [3.8, 4) is 5.75 Å². The predicted octanol–water partition coefficient (Wildman–Crippen LogP) is 1.97. The van der Waals surface area contributed by atoms with Crippen molar-refractivity contribution >= 4 is 0 Å². The van der Waals surface area contributed by atoms with Crippen molar-refractivity contribution in [1.82, 2.24) is 0 Å². The highest BCUT2D eigenvalue weighted by molar-refractivity contribution is 5.38. The highest BCUT2D eigenvalue weighted by Gasteiger charge is 2.15. The second-order valence-electron chi connectivity index (χ2n) is 5.42. The Bertz CT molecular complexity index is 355. The fraction of sp³-hybridized carbons (Fsp3) is 0.538.